The molecule has 0 aliphatic rings. The minimum Gasteiger partial charge on any atom is -0.461 e. The van der Waals surface area contributed by atoms with E-state index in [-0.39, 0.29) is 5.97 Å². The molecule has 1 aromatic heterocycles. The standard InChI is InChI=1S/C19H26N2O2S/c1-5-23-19(22)18-15(4)24-17(21-18)12-20-10-6-7-16-11-13(2)8-9-14(16)3/h8-9,11,20H,5-7,10,12H2,1-4H3. The predicted molar refractivity (Wildman–Crippen MR) is 98.8 cm³/mol. The van der Waals surface area contributed by atoms with Gasteiger partial charge in [0.1, 0.15) is 5.01 Å². The van der Waals surface area contributed by atoms with Gasteiger partial charge in [-0.1, -0.05) is 23.8 Å². The summed E-state index contributed by atoms with van der Waals surface area (Å²) in [6.45, 7) is 10.0. The molecule has 0 aliphatic carbocycles. The smallest absolute Gasteiger partial charge is 0.358 e. The average Bonchev–Trinajstić information content (AvgIpc) is 2.91. The number of carbonyl (C=O) groups excluding carboxylic acids is 1. The third kappa shape index (κ3) is 5.14. The van der Waals surface area contributed by atoms with Gasteiger partial charge >= 0.3 is 5.97 Å². The van der Waals surface area contributed by atoms with Gasteiger partial charge in [0.25, 0.3) is 0 Å². The van der Waals surface area contributed by atoms with E-state index in [1.807, 2.05) is 6.92 Å². The largest absolute Gasteiger partial charge is 0.461 e. The van der Waals surface area contributed by atoms with Gasteiger partial charge in [0.15, 0.2) is 5.69 Å². The zero-order valence-corrected chi connectivity index (χ0v) is 15.8. The number of aromatic nitrogens is 1. The normalized spacial score (nSPS) is 10.8. The molecule has 1 N–H and O–H groups in total. The van der Waals surface area contributed by atoms with Crippen molar-refractivity contribution in [2.45, 2.75) is 47.1 Å². The number of thiazole rings is 1. The van der Waals surface area contributed by atoms with Crippen LogP contribution in [0.1, 0.15) is 50.4 Å². The predicted octanol–water partition coefficient (Wildman–Crippen LogP) is 3.97. The lowest BCUT2D eigenvalue weighted by Gasteiger charge is -2.07. The molecule has 0 bridgehead atoms. The van der Waals surface area contributed by atoms with Crippen molar-refractivity contribution in [2.24, 2.45) is 0 Å². The Bertz CT molecular complexity index is 695. The fraction of sp³-hybridized carbons (Fsp3) is 0.474. The molecule has 0 saturated carbocycles. The lowest BCUT2D eigenvalue weighted by atomic mass is 10.0. The van der Waals surface area contributed by atoms with Crippen LogP contribution in [0.2, 0.25) is 0 Å². The van der Waals surface area contributed by atoms with Gasteiger partial charge < -0.3 is 10.1 Å². The number of carbonyl (C=O) groups is 1. The summed E-state index contributed by atoms with van der Waals surface area (Å²) in [5.74, 6) is -0.326. The monoisotopic (exact) mass is 346 g/mol. The zero-order valence-electron chi connectivity index (χ0n) is 14.9. The van der Waals surface area contributed by atoms with Crippen molar-refractivity contribution in [1.29, 1.82) is 0 Å². The van der Waals surface area contributed by atoms with E-state index in [9.17, 15) is 4.79 Å². The lowest BCUT2D eigenvalue weighted by molar-refractivity contribution is 0.0519. The first-order valence-electron chi connectivity index (χ1n) is 8.41. The van der Waals surface area contributed by atoms with Crippen molar-refractivity contribution < 1.29 is 9.53 Å². The lowest BCUT2D eigenvalue weighted by Crippen LogP contribution is -2.15. The molecule has 0 unspecified atom stereocenters. The van der Waals surface area contributed by atoms with Crippen molar-refractivity contribution >= 4 is 17.3 Å². The Kier molecular flexibility index (Phi) is 6.94. The number of rotatable bonds is 8. The number of ether oxygens (including phenoxy) is 1. The van der Waals surface area contributed by atoms with Crippen LogP contribution in [0.25, 0.3) is 0 Å². The second-order valence-electron chi connectivity index (χ2n) is 5.94. The van der Waals surface area contributed by atoms with Crippen LogP contribution in [0.3, 0.4) is 0 Å². The van der Waals surface area contributed by atoms with Gasteiger partial charge in [-0.05, 0) is 58.2 Å². The van der Waals surface area contributed by atoms with Crippen LogP contribution in [0.5, 0.6) is 0 Å². The molecule has 2 rings (SSSR count). The van der Waals surface area contributed by atoms with Gasteiger partial charge in [0.2, 0.25) is 0 Å². The van der Waals surface area contributed by atoms with Crippen LogP contribution in [-0.4, -0.2) is 24.1 Å². The van der Waals surface area contributed by atoms with Crippen molar-refractivity contribution in [3.63, 3.8) is 0 Å². The molecular formula is C19H26N2O2S. The SMILES string of the molecule is CCOC(=O)c1nc(CNCCCc2cc(C)ccc2C)sc1C. The van der Waals surface area contributed by atoms with Gasteiger partial charge in [-0.25, -0.2) is 9.78 Å². The topological polar surface area (TPSA) is 51.2 Å². The molecule has 4 nitrogen and oxygen atoms in total. The molecule has 1 heterocycles. The Labute approximate surface area is 148 Å². The molecule has 5 heteroatoms. The molecule has 0 spiro atoms. The Morgan fingerprint density at radius 2 is 2.08 bits per heavy atom. The van der Waals surface area contributed by atoms with Gasteiger partial charge in [-0.15, -0.1) is 11.3 Å². The molecule has 130 valence electrons. The maximum absolute atomic E-state index is 11.8. The molecule has 1 aromatic carbocycles. The maximum atomic E-state index is 11.8. The number of hydrogen-bond donors (Lipinski definition) is 1. The van der Waals surface area contributed by atoms with Crippen LogP contribution in [0.15, 0.2) is 18.2 Å². The molecule has 0 radical (unpaired) electrons. The van der Waals surface area contributed by atoms with Crippen LogP contribution in [0, 0.1) is 20.8 Å². The van der Waals surface area contributed by atoms with E-state index in [0.29, 0.717) is 18.8 Å². The summed E-state index contributed by atoms with van der Waals surface area (Å²) < 4.78 is 5.02. The van der Waals surface area contributed by atoms with E-state index in [0.717, 1.165) is 29.3 Å². The number of nitrogens with one attached hydrogen (secondary N) is 1. The molecule has 0 fully saturated rings. The summed E-state index contributed by atoms with van der Waals surface area (Å²) in [5.41, 5.74) is 4.55. The zero-order chi connectivity index (χ0) is 17.5. The van der Waals surface area contributed by atoms with E-state index < -0.39 is 0 Å². The Balaban J connectivity index is 1.77. The highest BCUT2D eigenvalue weighted by Crippen LogP contribution is 2.18. The van der Waals surface area contributed by atoms with Gasteiger partial charge in [0, 0.05) is 11.4 Å². The van der Waals surface area contributed by atoms with Gasteiger partial charge in [-0.2, -0.15) is 0 Å². The number of nitrogens with zero attached hydrogens (tertiary/aromatic N) is 1. The highest BCUT2D eigenvalue weighted by molar-refractivity contribution is 7.11. The fourth-order valence-electron chi connectivity index (χ4n) is 2.58. The van der Waals surface area contributed by atoms with E-state index in [2.05, 4.69) is 42.3 Å². The maximum Gasteiger partial charge on any atom is 0.358 e. The quantitative estimate of drug-likeness (QED) is 0.580. The van der Waals surface area contributed by atoms with E-state index >= 15 is 0 Å². The average molecular weight is 346 g/mol. The first-order valence-corrected chi connectivity index (χ1v) is 9.23. The summed E-state index contributed by atoms with van der Waals surface area (Å²) in [6, 6.07) is 6.61. The summed E-state index contributed by atoms with van der Waals surface area (Å²) in [6.07, 6.45) is 2.16. The Morgan fingerprint density at radius 1 is 1.29 bits per heavy atom. The molecule has 0 atom stereocenters. The number of esters is 1. The minimum atomic E-state index is -0.326. The number of hydrogen-bond acceptors (Lipinski definition) is 5. The highest BCUT2D eigenvalue weighted by atomic mass is 32.1. The van der Waals surface area contributed by atoms with Crippen molar-refractivity contribution in [3.8, 4) is 0 Å². The van der Waals surface area contributed by atoms with Crippen molar-refractivity contribution in [2.75, 3.05) is 13.2 Å². The van der Waals surface area contributed by atoms with Crippen molar-refractivity contribution in [1.82, 2.24) is 10.3 Å². The molecule has 24 heavy (non-hydrogen) atoms. The molecule has 0 amide bonds. The summed E-state index contributed by atoms with van der Waals surface area (Å²) in [7, 11) is 0. The van der Waals surface area contributed by atoms with Crippen LogP contribution in [-0.2, 0) is 17.7 Å². The fourth-order valence-corrected chi connectivity index (χ4v) is 3.47. The van der Waals surface area contributed by atoms with Gasteiger partial charge in [0.05, 0.1) is 6.61 Å². The third-order valence-corrected chi connectivity index (χ3v) is 4.86. The minimum absolute atomic E-state index is 0.326. The summed E-state index contributed by atoms with van der Waals surface area (Å²) in [4.78, 5) is 17.1. The Morgan fingerprint density at radius 3 is 2.83 bits per heavy atom. The summed E-state index contributed by atoms with van der Waals surface area (Å²) >= 11 is 1.55. The van der Waals surface area contributed by atoms with Crippen molar-refractivity contribution in [3.05, 3.63) is 50.5 Å². The number of aryl methyl sites for hydroxylation is 4. The van der Waals surface area contributed by atoms with E-state index in [4.69, 9.17) is 4.74 Å². The molecular weight excluding hydrogens is 320 g/mol. The van der Waals surface area contributed by atoms with E-state index in [1.54, 1.807) is 18.3 Å². The van der Waals surface area contributed by atoms with Crippen LogP contribution >= 0.6 is 11.3 Å². The third-order valence-electron chi connectivity index (χ3n) is 3.89. The second kappa shape index (κ2) is 8.94. The molecule has 2 aromatic rings. The summed E-state index contributed by atoms with van der Waals surface area (Å²) in [5, 5.41) is 4.35. The second-order valence-corrected chi connectivity index (χ2v) is 7.23. The Hall–Kier alpha value is -1.72. The van der Waals surface area contributed by atoms with Gasteiger partial charge in [-0.3, -0.25) is 0 Å². The first kappa shape index (κ1) is 18.6. The molecule has 0 saturated heterocycles. The highest BCUT2D eigenvalue weighted by Gasteiger charge is 2.15. The number of benzene rings is 1. The van der Waals surface area contributed by atoms with E-state index in [1.165, 1.54) is 16.7 Å². The first-order chi connectivity index (χ1) is 11.5. The van der Waals surface area contributed by atoms with Crippen LogP contribution < -0.4 is 5.32 Å². The molecule has 0 aliphatic heterocycles. The van der Waals surface area contributed by atoms with Crippen LogP contribution in [0.4, 0.5) is 0 Å².